The second-order valence-electron chi connectivity index (χ2n) is 10.6. The zero-order valence-electron chi connectivity index (χ0n) is 23.2. The Morgan fingerprint density at radius 3 is 1.82 bits per heavy atom. The highest BCUT2D eigenvalue weighted by Gasteiger charge is 2.16. The second kappa shape index (κ2) is 9.90. The van der Waals surface area contributed by atoms with E-state index in [1.807, 2.05) is 66.7 Å². The Bertz CT molecular complexity index is 2450. The van der Waals surface area contributed by atoms with Gasteiger partial charge in [-0.25, -0.2) is 24.9 Å². The number of para-hydroxylation sites is 1. The van der Waals surface area contributed by atoms with Crippen molar-refractivity contribution in [3.63, 3.8) is 0 Å². The molecule has 0 saturated heterocycles. The molecule has 9 aromatic rings. The van der Waals surface area contributed by atoms with Gasteiger partial charge >= 0.3 is 0 Å². The van der Waals surface area contributed by atoms with Crippen molar-refractivity contribution in [3.05, 3.63) is 128 Å². The van der Waals surface area contributed by atoms with Gasteiger partial charge in [-0.05, 0) is 42.0 Å². The summed E-state index contributed by atoms with van der Waals surface area (Å²) >= 11 is 1.78. The van der Waals surface area contributed by atoms with Gasteiger partial charge in [0.2, 0.25) is 0 Å². The van der Waals surface area contributed by atoms with Gasteiger partial charge in [0.1, 0.15) is 17.4 Å². The third-order valence-electron chi connectivity index (χ3n) is 7.90. The lowest BCUT2D eigenvalue weighted by molar-refractivity contribution is 0.666. The molecule has 4 heterocycles. The molecule has 0 aliphatic rings. The number of benzene rings is 5. The van der Waals surface area contributed by atoms with Gasteiger partial charge in [0, 0.05) is 47.8 Å². The SMILES string of the molecule is c1ccc(-c2nc(-c3ccccc3)nc(-c3ccc4sc5ccc(-c6cccc7c6oc6cncnc67)cc5c4c3)n2)cc1. The molecule has 0 saturated carbocycles. The molecule has 0 amide bonds. The first-order valence-corrected chi connectivity index (χ1v) is 15.1. The summed E-state index contributed by atoms with van der Waals surface area (Å²) in [5.41, 5.74) is 7.27. The predicted molar refractivity (Wildman–Crippen MR) is 177 cm³/mol. The summed E-state index contributed by atoms with van der Waals surface area (Å²) in [5, 5.41) is 3.32. The third kappa shape index (κ3) is 4.06. The fourth-order valence-electron chi connectivity index (χ4n) is 5.79. The van der Waals surface area contributed by atoms with Gasteiger partial charge in [-0.1, -0.05) is 78.9 Å². The highest BCUT2D eigenvalue weighted by atomic mass is 32.1. The van der Waals surface area contributed by atoms with Crippen LogP contribution >= 0.6 is 11.3 Å². The zero-order chi connectivity index (χ0) is 29.0. The lowest BCUT2D eigenvalue weighted by atomic mass is 10.0. The molecule has 0 fully saturated rings. The number of furan rings is 1. The van der Waals surface area contributed by atoms with Crippen molar-refractivity contribution in [2.24, 2.45) is 0 Å². The summed E-state index contributed by atoms with van der Waals surface area (Å²) in [4.78, 5) is 23.3. The van der Waals surface area contributed by atoms with Crippen LogP contribution in [0.15, 0.2) is 132 Å². The molecule has 4 aromatic heterocycles. The van der Waals surface area contributed by atoms with Crippen LogP contribution in [0.2, 0.25) is 0 Å². The average Bonchev–Trinajstić information content (AvgIpc) is 3.66. The topological polar surface area (TPSA) is 77.6 Å². The molecule has 0 bridgehead atoms. The van der Waals surface area contributed by atoms with Crippen LogP contribution in [0, 0.1) is 0 Å². The highest BCUT2D eigenvalue weighted by molar-refractivity contribution is 7.25. The summed E-state index contributed by atoms with van der Waals surface area (Å²) in [6.45, 7) is 0. The maximum Gasteiger partial charge on any atom is 0.172 e. The van der Waals surface area contributed by atoms with Crippen LogP contribution < -0.4 is 0 Å². The largest absolute Gasteiger partial charge is 0.452 e. The number of rotatable bonds is 4. The van der Waals surface area contributed by atoms with Crippen LogP contribution in [-0.4, -0.2) is 24.9 Å². The summed E-state index contributed by atoms with van der Waals surface area (Å²) in [6.07, 6.45) is 3.28. The van der Waals surface area contributed by atoms with E-state index in [1.54, 1.807) is 23.9 Å². The van der Waals surface area contributed by atoms with Crippen LogP contribution in [0.5, 0.6) is 0 Å². The fourth-order valence-corrected chi connectivity index (χ4v) is 6.85. The molecular formula is C37H21N5OS. The molecule has 9 rings (SSSR count). The number of hydrogen-bond donors (Lipinski definition) is 0. The maximum absolute atomic E-state index is 6.25. The second-order valence-corrected chi connectivity index (χ2v) is 11.7. The highest BCUT2D eigenvalue weighted by Crippen LogP contribution is 2.40. The van der Waals surface area contributed by atoms with E-state index in [0.29, 0.717) is 23.1 Å². The van der Waals surface area contributed by atoms with Crippen molar-refractivity contribution in [2.75, 3.05) is 0 Å². The van der Waals surface area contributed by atoms with E-state index in [1.165, 1.54) is 14.8 Å². The maximum atomic E-state index is 6.25. The monoisotopic (exact) mass is 583 g/mol. The Morgan fingerprint density at radius 2 is 1.14 bits per heavy atom. The van der Waals surface area contributed by atoms with Crippen molar-refractivity contribution in [2.45, 2.75) is 0 Å². The minimum Gasteiger partial charge on any atom is -0.452 e. The first-order valence-electron chi connectivity index (χ1n) is 14.2. The van der Waals surface area contributed by atoms with Crippen LogP contribution in [0.3, 0.4) is 0 Å². The van der Waals surface area contributed by atoms with E-state index in [4.69, 9.17) is 19.4 Å². The standard InChI is InChI=1S/C37H21N5OS/c1-3-8-22(9-4-1)35-40-36(23-10-5-2-6-11-23)42-37(41-35)25-15-17-32-29(19-25)28-18-24(14-16-31(28)44-32)26-12-7-13-27-33-30(43-34(26)27)20-38-21-39-33/h1-21H. The molecular weight excluding hydrogens is 563 g/mol. The van der Waals surface area contributed by atoms with Gasteiger partial charge in [-0.15, -0.1) is 11.3 Å². The van der Waals surface area contributed by atoms with Gasteiger partial charge in [0.05, 0.1) is 6.20 Å². The number of hydrogen-bond acceptors (Lipinski definition) is 7. The summed E-state index contributed by atoms with van der Waals surface area (Å²) in [6, 6.07) is 39.4. The minimum absolute atomic E-state index is 0.642. The molecule has 206 valence electrons. The van der Waals surface area contributed by atoms with Crippen LogP contribution in [-0.2, 0) is 0 Å². The molecule has 7 heteroatoms. The molecule has 0 radical (unpaired) electrons. The smallest absolute Gasteiger partial charge is 0.172 e. The van der Waals surface area contributed by atoms with Crippen molar-refractivity contribution < 1.29 is 4.42 Å². The molecule has 0 unspecified atom stereocenters. The summed E-state index contributed by atoms with van der Waals surface area (Å²) < 4.78 is 8.67. The molecule has 0 atom stereocenters. The summed E-state index contributed by atoms with van der Waals surface area (Å²) in [5.74, 6) is 1.94. The molecule has 44 heavy (non-hydrogen) atoms. The molecule has 0 aliphatic heterocycles. The number of fused-ring (bicyclic) bond motifs is 6. The Hall–Kier alpha value is -5.79. The van der Waals surface area contributed by atoms with E-state index in [9.17, 15) is 0 Å². The van der Waals surface area contributed by atoms with Gasteiger partial charge in [0.25, 0.3) is 0 Å². The predicted octanol–water partition coefficient (Wildman–Crippen LogP) is 9.60. The number of aromatic nitrogens is 5. The lowest BCUT2D eigenvalue weighted by Gasteiger charge is -2.08. The molecule has 0 N–H and O–H groups in total. The van der Waals surface area contributed by atoms with Gasteiger partial charge in [-0.3, -0.25) is 0 Å². The minimum atomic E-state index is 0.642. The van der Waals surface area contributed by atoms with Crippen molar-refractivity contribution in [1.82, 2.24) is 24.9 Å². The van der Waals surface area contributed by atoms with Crippen molar-refractivity contribution in [3.8, 4) is 45.3 Å². The van der Waals surface area contributed by atoms with E-state index in [-0.39, 0.29) is 0 Å². The Kier molecular flexibility index (Phi) is 5.57. The van der Waals surface area contributed by atoms with Gasteiger partial charge in [-0.2, -0.15) is 0 Å². The Labute approximate surface area is 255 Å². The van der Waals surface area contributed by atoms with Crippen molar-refractivity contribution >= 4 is 53.6 Å². The molecule has 0 spiro atoms. The van der Waals surface area contributed by atoms with Crippen LogP contribution in [0.4, 0.5) is 0 Å². The van der Waals surface area contributed by atoms with Crippen LogP contribution in [0.25, 0.3) is 87.5 Å². The quantitative estimate of drug-likeness (QED) is 0.205. The van der Waals surface area contributed by atoms with Crippen molar-refractivity contribution in [1.29, 1.82) is 0 Å². The van der Waals surface area contributed by atoms with E-state index < -0.39 is 0 Å². The Balaban J connectivity index is 1.22. The molecule has 5 aromatic carbocycles. The normalized spacial score (nSPS) is 11.6. The number of nitrogens with zero attached hydrogens (tertiary/aromatic N) is 5. The van der Waals surface area contributed by atoms with Gasteiger partial charge < -0.3 is 4.42 Å². The first-order chi connectivity index (χ1) is 21.8. The first kappa shape index (κ1) is 24.8. The zero-order valence-corrected chi connectivity index (χ0v) is 24.0. The van der Waals surface area contributed by atoms with E-state index in [0.717, 1.165) is 49.7 Å². The van der Waals surface area contributed by atoms with Gasteiger partial charge in [0.15, 0.2) is 23.1 Å². The Morgan fingerprint density at radius 1 is 0.523 bits per heavy atom. The lowest BCUT2D eigenvalue weighted by Crippen LogP contribution is -2.00. The average molecular weight is 584 g/mol. The summed E-state index contributed by atoms with van der Waals surface area (Å²) in [7, 11) is 0. The van der Waals surface area contributed by atoms with E-state index in [2.05, 4.69) is 58.5 Å². The molecule has 6 nitrogen and oxygen atoms in total. The third-order valence-corrected chi connectivity index (χ3v) is 9.05. The van der Waals surface area contributed by atoms with E-state index >= 15 is 0 Å². The molecule has 0 aliphatic carbocycles. The fraction of sp³-hybridized carbons (Fsp3) is 0. The van der Waals surface area contributed by atoms with Crippen LogP contribution in [0.1, 0.15) is 0 Å². The number of thiophene rings is 1.